The lowest BCUT2D eigenvalue weighted by atomic mass is 9.89. The molecule has 0 aliphatic carbocycles. The summed E-state index contributed by atoms with van der Waals surface area (Å²) in [7, 11) is 0. The van der Waals surface area contributed by atoms with Crippen LogP contribution in [0.4, 0.5) is 5.69 Å². The van der Waals surface area contributed by atoms with E-state index in [1.807, 2.05) is 23.1 Å². The van der Waals surface area contributed by atoms with Crippen molar-refractivity contribution in [3.05, 3.63) is 29.8 Å². The van der Waals surface area contributed by atoms with Gasteiger partial charge in [0.2, 0.25) is 5.91 Å². The number of nitrogens with two attached hydrogens (primary N) is 1. The van der Waals surface area contributed by atoms with Crippen LogP contribution in [0.5, 0.6) is 0 Å². The van der Waals surface area contributed by atoms with Gasteiger partial charge in [-0.3, -0.25) is 4.79 Å². The summed E-state index contributed by atoms with van der Waals surface area (Å²) in [5.41, 5.74) is 7.92. The minimum absolute atomic E-state index is 0.0650. The van der Waals surface area contributed by atoms with Crippen molar-refractivity contribution in [3.63, 3.8) is 0 Å². The van der Waals surface area contributed by atoms with Gasteiger partial charge < -0.3 is 15.4 Å². The number of nitrogens with zero attached hydrogens (tertiary/aromatic N) is 1. The first-order valence-corrected chi connectivity index (χ1v) is 7.47. The Balaban J connectivity index is 1.91. The van der Waals surface area contributed by atoms with E-state index in [-0.39, 0.29) is 5.91 Å². The van der Waals surface area contributed by atoms with E-state index >= 15 is 0 Å². The Morgan fingerprint density at radius 1 is 1.20 bits per heavy atom. The highest BCUT2D eigenvalue weighted by molar-refractivity contribution is 6.00. The van der Waals surface area contributed by atoms with Crippen LogP contribution >= 0.6 is 0 Å². The maximum absolute atomic E-state index is 12.9. The summed E-state index contributed by atoms with van der Waals surface area (Å²) in [6, 6.07) is 8.20. The van der Waals surface area contributed by atoms with E-state index in [4.69, 9.17) is 10.5 Å². The van der Waals surface area contributed by atoms with Gasteiger partial charge in [-0.2, -0.15) is 0 Å². The molecule has 4 nitrogen and oxygen atoms in total. The highest BCUT2D eigenvalue weighted by Gasteiger charge is 2.40. The molecule has 1 aromatic rings. The number of para-hydroxylation sites is 1. The Bertz CT molecular complexity index is 495. The van der Waals surface area contributed by atoms with E-state index < -0.39 is 5.54 Å². The molecule has 0 bridgehead atoms. The summed E-state index contributed by atoms with van der Waals surface area (Å²) in [6.07, 6.45) is 4.43. The number of fused-ring (bicyclic) bond motifs is 1. The zero-order chi connectivity index (χ0) is 14.0. The highest BCUT2D eigenvalue weighted by Crippen LogP contribution is 2.30. The summed E-state index contributed by atoms with van der Waals surface area (Å²) >= 11 is 0. The molecule has 1 fully saturated rings. The van der Waals surface area contributed by atoms with E-state index in [1.165, 1.54) is 5.56 Å². The molecule has 2 N–H and O–H groups in total. The highest BCUT2D eigenvalue weighted by atomic mass is 16.5. The van der Waals surface area contributed by atoms with Gasteiger partial charge in [-0.25, -0.2) is 0 Å². The Kier molecular flexibility index (Phi) is 3.76. The number of aryl methyl sites for hydroxylation is 1. The van der Waals surface area contributed by atoms with Crippen LogP contribution in [0.2, 0.25) is 0 Å². The predicted molar refractivity (Wildman–Crippen MR) is 78.7 cm³/mol. The lowest BCUT2D eigenvalue weighted by Crippen LogP contribution is -2.58. The van der Waals surface area contributed by atoms with E-state index in [0.29, 0.717) is 26.1 Å². The molecule has 4 heteroatoms. The fourth-order valence-corrected chi connectivity index (χ4v) is 3.12. The summed E-state index contributed by atoms with van der Waals surface area (Å²) in [6.45, 7) is 1.94. The normalized spacial score (nSPS) is 21.9. The number of anilines is 1. The summed E-state index contributed by atoms with van der Waals surface area (Å²) in [5, 5.41) is 0. The van der Waals surface area contributed by atoms with Gasteiger partial charge in [-0.15, -0.1) is 0 Å². The Morgan fingerprint density at radius 2 is 1.95 bits per heavy atom. The van der Waals surface area contributed by atoms with Gasteiger partial charge in [0.05, 0.1) is 0 Å². The van der Waals surface area contributed by atoms with Crippen molar-refractivity contribution in [1.29, 1.82) is 0 Å². The first kappa shape index (κ1) is 13.6. The molecule has 1 saturated heterocycles. The van der Waals surface area contributed by atoms with Crippen LogP contribution in [0.1, 0.15) is 31.2 Å². The number of carbonyl (C=O) groups is 1. The van der Waals surface area contributed by atoms with Crippen molar-refractivity contribution in [2.75, 3.05) is 24.7 Å². The molecule has 0 radical (unpaired) electrons. The van der Waals surface area contributed by atoms with Crippen molar-refractivity contribution in [1.82, 2.24) is 0 Å². The largest absolute Gasteiger partial charge is 0.381 e. The molecule has 2 aliphatic heterocycles. The monoisotopic (exact) mass is 274 g/mol. The van der Waals surface area contributed by atoms with Gasteiger partial charge in [-0.1, -0.05) is 18.2 Å². The minimum Gasteiger partial charge on any atom is -0.381 e. The molecule has 2 aliphatic rings. The Labute approximate surface area is 119 Å². The number of hydrogen-bond donors (Lipinski definition) is 1. The van der Waals surface area contributed by atoms with E-state index in [9.17, 15) is 4.79 Å². The molecule has 3 rings (SSSR count). The van der Waals surface area contributed by atoms with Crippen LogP contribution in [-0.2, 0) is 16.0 Å². The van der Waals surface area contributed by atoms with Crippen molar-refractivity contribution in [2.45, 2.75) is 37.6 Å². The first-order chi connectivity index (χ1) is 9.71. The predicted octanol–water partition coefficient (Wildman–Crippen LogP) is 1.86. The van der Waals surface area contributed by atoms with Gasteiger partial charge in [-0.05, 0) is 43.7 Å². The zero-order valence-electron chi connectivity index (χ0n) is 11.8. The maximum atomic E-state index is 12.9. The number of amides is 1. The average molecular weight is 274 g/mol. The maximum Gasteiger partial charge on any atom is 0.247 e. The second-order valence-corrected chi connectivity index (χ2v) is 5.81. The minimum atomic E-state index is -0.754. The van der Waals surface area contributed by atoms with Crippen LogP contribution in [-0.4, -0.2) is 31.2 Å². The van der Waals surface area contributed by atoms with E-state index in [0.717, 1.165) is 31.5 Å². The fraction of sp³-hybridized carbons (Fsp3) is 0.562. The summed E-state index contributed by atoms with van der Waals surface area (Å²) in [4.78, 5) is 14.8. The van der Waals surface area contributed by atoms with Crippen LogP contribution in [0.15, 0.2) is 24.3 Å². The summed E-state index contributed by atoms with van der Waals surface area (Å²) in [5.74, 6) is 0.0650. The molecule has 0 unspecified atom stereocenters. The van der Waals surface area contributed by atoms with Gasteiger partial charge in [0.25, 0.3) is 0 Å². The van der Waals surface area contributed by atoms with E-state index in [1.54, 1.807) is 0 Å². The molecule has 0 spiro atoms. The third-order valence-corrected chi connectivity index (χ3v) is 4.42. The molecule has 0 aromatic heterocycles. The number of carbonyl (C=O) groups excluding carboxylic acids is 1. The van der Waals surface area contributed by atoms with Crippen molar-refractivity contribution in [3.8, 4) is 0 Å². The molecule has 1 amide bonds. The molecular formula is C16H22N2O2. The van der Waals surface area contributed by atoms with Crippen molar-refractivity contribution >= 4 is 11.6 Å². The number of hydrogen-bond acceptors (Lipinski definition) is 3. The van der Waals surface area contributed by atoms with E-state index in [2.05, 4.69) is 6.07 Å². The quantitative estimate of drug-likeness (QED) is 0.850. The third kappa shape index (κ3) is 2.45. The lowest BCUT2D eigenvalue weighted by Gasteiger charge is -2.37. The topological polar surface area (TPSA) is 55.6 Å². The van der Waals surface area contributed by atoms with Crippen molar-refractivity contribution < 1.29 is 9.53 Å². The molecule has 1 aromatic carbocycles. The standard InChI is InChI=1S/C16H22N2O2/c17-16(8-11-20-12-9-16)15(19)18-10-4-3-6-13-5-1-2-7-14(13)18/h1-2,5,7H,3-4,6,8-12,17H2. The van der Waals surface area contributed by atoms with Crippen LogP contribution in [0.25, 0.3) is 0 Å². The Morgan fingerprint density at radius 3 is 2.75 bits per heavy atom. The van der Waals surface area contributed by atoms with Gasteiger partial charge >= 0.3 is 0 Å². The molecule has 2 heterocycles. The van der Waals surface area contributed by atoms with Gasteiger partial charge in [0.1, 0.15) is 5.54 Å². The van der Waals surface area contributed by atoms with Gasteiger partial charge in [0, 0.05) is 25.4 Å². The van der Waals surface area contributed by atoms with Gasteiger partial charge in [0.15, 0.2) is 0 Å². The number of rotatable bonds is 1. The molecule has 108 valence electrons. The fourth-order valence-electron chi connectivity index (χ4n) is 3.12. The van der Waals surface area contributed by atoms with Crippen molar-refractivity contribution in [2.24, 2.45) is 5.73 Å². The average Bonchev–Trinajstić information content (AvgIpc) is 2.69. The molecule has 20 heavy (non-hydrogen) atoms. The van der Waals surface area contributed by atoms with Crippen LogP contribution in [0.3, 0.4) is 0 Å². The number of benzene rings is 1. The smallest absolute Gasteiger partial charge is 0.247 e. The Hall–Kier alpha value is -1.39. The number of ether oxygens (including phenoxy) is 1. The summed E-state index contributed by atoms with van der Waals surface area (Å²) < 4.78 is 5.35. The molecule has 0 saturated carbocycles. The first-order valence-electron chi connectivity index (χ1n) is 7.47. The zero-order valence-corrected chi connectivity index (χ0v) is 11.8. The van der Waals surface area contributed by atoms with Crippen LogP contribution in [0, 0.1) is 0 Å². The second-order valence-electron chi connectivity index (χ2n) is 5.81. The van der Waals surface area contributed by atoms with Crippen LogP contribution < -0.4 is 10.6 Å². The second kappa shape index (κ2) is 5.54. The molecular weight excluding hydrogens is 252 g/mol. The third-order valence-electron chi connectivity index (χ3n) is 4.42. The molecule has 0 atom stereocenters. The SMILES string of the molecule is NC1(C(=O)N2CCCCc3ccccc32)CCOCC1. The lowest BCUT2D eigenvalue weighted by molar-refractivity contribution is -0.127.